The Kier molecular flexibility index (Phi) is 5.71. The molecule has 0 unspecified atom stereocenters. The summed E-state index contributed by atoms with van der Waals surface area (Å²) in [6, 6.07) is 14.2. The fraction of sp³-hybridized carbons (Fsp3) is 0.300. The van der Waals surface area contributed by atoms with Crippen LogP contribution in [-0.2, 0) is 22.4 Å². The number of likely N-dealkylation sites (tertiary alicyclic amines) is 1. The molecule has 6 heteroatoms. The minimum atomic E-state index is -0.895. The van der Waals surface area contributed by atoms with Gasteiger partial charge in [-0.1, -0.05) is 52.3 Å². The monoisotopic (exact) mass is 419 g/mol. The fourth-order valence-electron chi connectivity index (χ4n) is 3.44. The predicted octanol–water partition coefficient (Wildman–Crippen LogP) is 3.53. The molecule has 26 heavy (non-hydrogen) atoms. The predicted molar refractivity (Wildman–Crippen MR) is 99.1 cm³/mol. The summed E-state index contributed by atoms with van der Waals surface area (Å²) in [7, 11) is 0. The lowest BCUT2D eigenvalue weighted by Crippen LogP contribution is -2.31. The third kappa shape index (κ3) is 4.12. The normalized spacial score (nSPS) is 19.5. The van der Waals surface area contributed by atoms with Gasteiger partial charge in [-0.05, 0) is 30.0 Å². The van der Waals surface area contributed by atoms with Crippen LogP contribution in [0.2, 0.25) is 0 Å². The Morgan fingerprint density at radius 2 is 1.85 bits per heavy atom. The summed E-state index contributed by atoms with van der Waals surface area (Å²) in [6.07, 6.45) is 0.516. The van der Waals surface area contributed by atoms with Crippen molar-refractivity contribution in [2.24, 2.45) is 11.8 Å². The molecule has 2 aromatic rings. The van der Waals surface area contributed by atoms with E-state index in [1.54, 1.807) is 17.0 Å². The van der Waals surface area contributed by atoms with Crippen LogP contribution in [0, 0.1) is 17.7 Å². The lowest BCUT2D eigenvalue weighted by Gasteiger charge is -2.17. The van der Waals surface area contributed by atoms with Gasteiger partial charge >= 0.3 is 5.97 Å². The molecule has 1 fully saturated rings. The molecule has 1 aliphatic heterocycles. The lowest BCUT2D eigenvalue weighted by molar-refractivity contribution is -0.142. The summed E-state index contributed by atoms with van der Waals surface area (Å²) in [5.41, 5.74) is 1.35. The lowest BCUT2D eigenvalue weighted by atomic mass is 9.90. The van der Waals surface area contributed by atoms with E-state index in [4.69, 9.17) is 0 Å². The number of hydrogen-bond acceptors (Lipinski definition) is 2. The summed E-state index contributed by atoms with van der Waals surface area (Å²) in [6.45, 7) is 0.536. The summed E-state index contributed by atoms with van der Waals surface area (Å²) in [5.74, 6) is -2.35. The zero-order valence-corrected chi connectivity index (χ0v) is 15.7. The zero-order chi connectivity index (χ0) is 18.7. The summed E-state index contributed by atoms with van der Waals surface area (Å²) >= 11 is 3.27. The number of benzene rings is 2. The van der Waals surface area contributed by atoms with Gasteiger partial charge < -0.3 is 10.0 Å². The van der Waals surface area contributed by atoms with Crippen molar-refractivity contribution in [2.75, 3.05) is 13.1 Å². The fourth-order valence-corrected chi connectivity index (χ4v) is 3.92. The van der Waals surface area contributed by atoms with Gasteiger partial charge in [-0.25, -0.2) is 4.39 Å². The van der Waals surface area contributed by atoms with Crippen molar-refractivity contribution in [3.8, 4) is 0 Å². The molecule has 0 aliphatic carbocycles. The van der Waals surface area contributed by atoms with Crippen LogP contribution in [0.15, 0.2) is 53.0 Å². The number of nitrogens with zero attached hydrogens (tertiary/aromatic N) is 1. The van der Waals surface area contributed by atoms with Crippen LogP contribution < -0.4 is 0 Å². The number of carboxylic acid groups (broad SMARTS) is 1. The van der Waals surface area contributed by atoms with Gasteiger partial charge in [0.15, 0.2) is 0 Å². The van der Waals surface area contributed by atoms with Gasteiger partial charge in [-0.15, -0.1) is 0 Å². The maximum absolute atomic E-state index is 14.0. The molecule has 1 aliphatic rings. The van der Waals surface area contributed by atoms with Crippen molar-refractivity contribution < 1.29 is 19.1 Å². The second kappa shape index (κ2) is 7.99. The van der Waals surface area contributed by atoms with Crippen molar-refractivity contribution in [3.63, 3.8) is 0 Å². The van der Waals surface area contributed by atoms with Crippen molar-refractivity contribution in [2.45, 2.75) is 12.8 Å². The Hall–Kier alpha value is -2.21. The van der Waals surface area contributed by atoms with E-state index in [0.29, 0.717) is 23.0 Å². The molecule has 4 nitrogen and oxygen atoms in total. The molecule has 1 heterocycles. The minimum Gasteiger partial charge on any atom is -0.481 e. The highest BCUT2D eigenvalue weighted by molar-refractivity contribution is 9.10. The van der Waals surface area contributed by atoms with E-state index in [1.165, 1.54) is 6.07 Å². The van der Waals surface area contributed by atoms with E-state index in [-0.39, 0.29) is 24.8 Å². The topological polar surface area (TPSA) is 57.6 Å². The van der Waals surface area contributed by atoms with Crippen LogP contribution in [0.25, 0.3) is 0 Å². The van der Waals surface area contributed by atoms with E-state index in [9.17, 15) is 19.1 Å². The first kappa shape index (κ1) is 18.6. The van der Waals surface area contributed by atoms with Crippen molar-refractivity contribution in [3.05, 3.63) is 69.9 Å². The first-order valence-electron chi connectivity index (χ1n) is 8.43. The molecule has 136 valence electrons. The molecule has 2 atom stereocenters. The van der Waals surface area contributed by atoms with Crippen molar-refractivity contribution >= 4 is 27.8 Å². The van der Waals surface area contributed by atoms with Crippen LogP contribution in [0.4, 0.5) is 4.39 Å². The maximum Gasteiger partial charge on any atom is 0.308 e. The Balaban J connectivity index is 1.72. The second-order valence-electron chi connectivity index (χ2n) is 6.57. The Labute approximate surface area is 159 Å². The van der Waals surface area contributed by atoms with E-state index >= 15 is 0 Å². The molecular formula is C20H19BrFNO3. The molecule has 1 saturated heterocycles. The molecule has 3 rings (SSSR count). The van der Waals surface area contributed by atoms with Gasteiger partial charge in [0.1, 0.15) is 5.82 Å². The van der Waals surface area contributed by atoms with Gasteiger partial charge in [0.25, 0.3) is 0 Å². The first-order chi connectivity index (χ1) is 12.5. The highest BCUT2D eigenvalue weighted by Gasteiger charge is 2.39. The van der Waals surface area contributed by atoms with Gasteiger partial charge in [-0.2, -0.15) is 0 Å². The van der Waals surface area contributed by atoms with Gasteiger partial charge in [0, 0.05) is 23.1 Å². The highest BCUT2D eigenvalue weighted by atomic mass is 79.9. The average Bonchev–Trinajstić information content (AvgIpc) is 3.03. The molecule has 2 aromatic carbocycles. The third-order valence-electron chi connectivity index (χ3n) is 4.84. The van der Waals surface area contributed by atoms with E-state index in [1.807, 2.05) is 30.3 Å². The Morgan fingerprint density at radius 3 is 2.50 bits per heavy atom. The summed E-state index contributed by atoms with van der Waals surface area (Å²) < 4.78 is 14.5. The van der Waals surface area contributed by atoms with E-state index < -0.39 is 17.7 Å². The van der Waals surface area contributed by atoms with Gasteiger partial charge in [-0.3, -0.25) is 9.59 Å². The second-order valence-corrected chi connectivity index (χ2v) is 7.42. The number of carboxylic acids is 1. The molecule has 0 aromatic heterocycles. The van der Waals surface area contributed by atoms with Crippen molar-refractivity contribution in [1.82, 2.24) is 4.90 Å². The number of halogens is 2. The van der Waals surface area contributed by atoms with Crippen LogP contribution in [0.1, 0.15) is 11.1 Å². The smallest absolute Gasteiger partial charge is 0.308 e. The molecule has 0 spiro atoms. The maximum atomic E-state index is 14.0. The van der Waals surface area contributed by atoms with Gasteiger partial charge in [0.05, 0.1) is 12.3 Å². The number of carbonyl (C=O) groups is 2. The molecule has 0 bridgehead atoms. The van der Waals surface area contributed by atoms with Gasteiger partial charge in [0.2, 0.25) is 5.91 Å². The highest BCUT2D eigenvalue weighted by Crippen LogP contribution is 2.29. The number of amides is 1. The van der Waals surface area contributed by atoms with Crippen molar-refractivity contribution in [1.29, 1.82) is 0 Å². The number of hydrogen-bond donors (Lipinski definition) is 1. The molecule has 0 radical (unpaired) electrons. The van der Waals surface area contributed by atoms with E-state index in [0.717, 1.165) is 5.56 Å². The molecular weight excluding hydrogens is 401 g/mol. The Morgan fingerprint density at radius 1 is 1.12 bits per heavy atom. The summed E-state index contributed by atoms with van der Waals surface area (Å²) in [4.78, 5) is 25.8. The number of carbonyl (C=O) groups excluding carboxylic acids is 1. The first-order valence-corrected chi connectivity index (χ1v) is 9.22. The molecule has 0 saturated carbocycles. The van der Waals surface area contributed by atoms with E-state index in [2.05, 4.69) is 15.9 Å². The number of rotatable bonds is 5. The molecule has 1 amide bonds. The third-order valence-corrected chi connectivity index (χ3v) is 5.58. The van der Waals surface area contributed by atoms with Crippen LogP contribution in [0.3, 0.4) is 0 Å². The molecule has 1 N–H and O–H groups in total. The zero-order valence-electron chi connectivity index (χ0n) is 14.1. The minimum absolute atomic E-state index is 0.0857. The van der Waals surface area contributed by atoms with Crippen LogP contribution >= 0.6 is 15.9 Å². The average molecular weight is 420 g/mol. The quantitative estimate of drug-likeness (QED) is 0.806. The SMILES string of the molecule is O=C(O)[C@@H]1CN(C(=O)Cc2c(F)cccc2Br)C[C@H]1Cc1ccccc1. The number of aliphatic carboxylic acids is 1. The standard InChI is InChI=1S/C20H19BrFNO3/c21-17-7-4-8-18(22)15(17)10-19(24)23-11-14(16(12-23)20(25)26)9-13-5-2-1-3-6-13/h1-8,14,16H,9-12H2,(H,25,26)/t14-,16-/m1/s1. The van der Waals surface area contributed by atoms with Crippen LogP contribution in [0.5, 0.6) is 0 Å². The summed E-state index contributed by atoms with van der Waals surface area (Å²) in [5, 5.41) is 9.53. The Bertz CT molecular complexity index is 792. The van der Waals surface area contributed by atoms with Crippen LogP contribution in [-0.4, -0.2) is 35.0 Å². The largest absolute Gasteiger partial charge is 0.481 e.